The van der Waals surface area contributed by atoms with Gasteiger partial charge in [-0.3, -0.25) is 9.78 Å². The highest BCUT2D eigenvalue weighted by Gasteiger charge is 2.06. The zero-order valence-electron chi connectivity index (χ0n) is 14.7. The molecule has 3 rings (SSSR count). The molecular formula is C21H18ClN3O2. The van der Waals surface area contributed by atoms with Gasteiger partial charge in [0.05, 0.1) is 11.4 Å². The zero-order valence-corrected chi connectivity index (χ0v) is 15.5. The number of amides is 1. The first-order valence-corrected chi connectivity index (χ1v) is 8.73. The Morgan fingerprint density at radius 1 is 1.07 bits per heavy atom. The first kappa shape index (κ1) is 18.6. The van der Waals surface area contributed by atoms with Gasteiger partial charge >= 0.3 is 0 Å². The molecule has 27 heavy (non-hydrogen) atoms. The second-order valence-corrected chi connectivity index (χ2v) is 6.23. The van der Waals surface area contributed by atoms with Gasteiger partial charge in [0.15, 0.2) is 0 Å². The topological polar surface area (TPSA) is 63.6 Å². The molecule has 0 atom stereocenters. The molecule has 0 spiro atoms. The van der Waals surface area contributed by atoms with E-state index >= 15 is 0 Å². The van der Waals surface area contributed by atoms with E-state index in [1.54, 1.807) is 37.4 Å². The minimum Gasteiger partial charge on any atom is -0.489 e. The number of hydrogen-bond donors (Lipinski definition) is 1. The lowest BCUT2D eigenvalue weighted by atomic mass is 10.1. The molecule has 1 amide bonds. The second-order valence-electron chi connectivity index (χ2n) is 5.79. The molecule has 5 nitrogen and oxygen atoms in total. The number of carbonyl (C=O) groups excluding carboxylic acids is 1. The number of halogens is 1. The molecule has 0 saturated carbocycles. The van der Waals surface area contributed by atoms with E-state index in [1.807, 2.05) is 42.5 Å². The summed E-state index contributed by atoms with van der Waals surface area (Å²) in [5.41, 5.74) is 5.37. The Kier molecular flexibility index (Phi) is 6.18. The molecule has 0 bridgehead atoms. The number of hydrogen-bond acceptors (Lipinski definition) is 4. The van der Waals surface area contributed by atoms with Crippen molar-refractivity contribution in [3.05, 3.63) is 94.8 Å². The van der Waals surface area contributed by atoms with Gasteiger partial charge in [0.1, 0.15) is 12.4 Å². The van der Waals surface area contributed by atoms with Crippen molar-refractivity contribution in [2.24, 2.45) is 5.10 Å². The minimum absolute atomic E-state index is 0.282. The number of rotatable bonds is 6. The van der Waals surface area contributed by atoms with Crippen LogP contribution in [0.5, 0.6) is 5.75 Å². The van der Waals surface area contributed by atoms with Gasteiger partial charge in [-0.1, -0.05) is 29.8 Å². The number of aromatic nitrogens is 1. The molecule has 0 radical (unpaired) electrons. The number of ether oxygens (including phenoxy) is 1. The maximum atomic E-state index is 12.2. The third kappa shape index (κ3) is 5.39. The summed E-state index contributed by atoms with van der Waals surface area (Å²) in [5.74, 6) is 0.455. The van der Waals surface area contributed by atoms with E-state index in [0.29, 0.717) is 28.6 Å². The van der Waals surface area contributed by atoms with Crippen LogP contribution < -0.4 is 10.2 Å². The highest BCUT2D eigenvalue weighted by atomic mass is 35.5. The number of benzene rings is 2. The third-order valence-electron chi connectivity index (χ3n) is 3.80. The number of nitrogens with one attached hydrogen (secondary N) is 1. The molecule has 3 aromatic rings. The van der Waals surface area contributed by atoms with Crippen molar-refractivity contribution in [2.75, 3.05) is 0 Å². The quantitative estimate of drug-likeness (QED) is 0.507. The molecule has 1 aromatic heterocycles. The Balaban J connectivity index is 1.56. The van der Waals surface area contributed by atoms with Crippen LogP contribution in [0.25, 0.3) is 0 Å². The van der Waals surface area contributed by atoms with Gasteiger partial charge < -0.3 is 4.74 Å². The van der Waals surface area contributed by atoms with Crippen LogP contribution in [-0.4, -0.2) is 16.6 Å². The van der Waals surface area contributed by atoms with E-state index in [0.717, 1.165) is 11.3 Å². The van der Waals surface area contributed by atoms with Crippen molar-refractivity contribution in [1.82, 2.24) is 10.4 Å². The molecule has 0 unspecified atom stereocenters. The Bertz CT molecular complexity index is 924. The monoisotopic (exact) mass is 379 g/mol. The smallest absolute Gasteiger partial charge is 0.271 e. The van der Waals surface area contributed by atoms with Crippen LogP contribution in [0.4, 0.5) is 0 Å². The molecule has 1 N–H and O–H groups in total. The summed E-state index contributed by atoms with van der Waals surface area (Å²) in [6.07, 6.45) is 1.68. The summed E-state index contributed by atoms with van der Waals surface area (Å²) >= 11 is 5.85. The Labute approximate surface area is 162 Å². The normalized spacial score (nSPS) is 11.1. The summed E-state index contributed by atoms with van der Waals surface area (Å²) in [6.45, 7) is 2.19. The Hall–Kier alpha value is -3.18. The maximum Gasteiger partial charge on any atom is 0.271 e. The maximum absolute atomic E-state index is 12.2. The van der Waals surface area contributed by atoms with Crippen molar-refractivity contribution in [3.8, 4) is 5.75 Å². The van der Waals surface area contributed by atoms with E-state index in [9.17, 15) is 4.79 Å². The molecule has 0 aliphatic rings. The highest BCUT2D eigenvalue weighted by molar-refractivity contribution is 6.30. The number of nitrogens with zero attached hydrogens (tertiary/aromatic N) is 2. The molecule has 0 aliphatic carbocycles. The van der Waals surface area contributed by atoms with Gasteiger partial charge in [-0.15, -0.1) is 0 Å². The molecule has 1 heterocycles. The molecule has 2 aromatic carbocycles. The second kappa shape index (κ2) is 8.96. The third-order valence-corrected chi connectivity index (χ3v) is 4.05. The van der Waals surface area contributed by atoms with Crippen LogP contribution in [0, 0.1) is 0 Å². The van der Waals surface area contributed by atoms with E-state index in [4.69, 9.17) is 16.3 Å². The summed E-state index contributed by atoms with van der Waals surface area (Å²) in [7, 11) is 0. The standard InChI is InChI=1S/C21H18ClN3O2/c1-15(20-4-2-3-13-23-20)24-25-21(26)17-7-5-16(6-8-17)14-27-19-11-9-18(22)10-12-19/h2-13H,14H2,1H3,(H,25,26)/b24-15-. The average molecular weight is 380 g/mol. The fourth-order valence-corrected chi connectivity index (χ4v) is 2.41. The van der Waals surface area contributed by atoms with E-state index in [-0.39, 0.29) is 5.91 Å². The van der Waals surface area contributed by atoms with Crippen molar-refractivity contribution in [2.45, 2.75) is 13.5 Å². The summed E-state index contributed by atoms with van der Waals surface area (Å²) in [6, 6.07) is 19.9. The number of carbonyl (C=O) groups is 1. The average Bonchev–Trinajstić information content (AvgIpc) is 2.72. The fourth-order valence-electron chi connectivity index (χ4n) is 2.28. The summed E-state index contributed by atoms with van der Waals surface area (Å²) in [5, 5.41) is 4.76. The molecule has 136 valence electrons. The Morgan fingerprint density at radius 2 is 1.81 bits per heavy atom. The Morgan fingerprint density at radius 3 is 2.48 bits per heavy atom. The van der Waals surface area contributed by atoms with Crippen molar-refractivity contribution >= 4 is 23.2 Å². The minimum atomic E-state index is -0.282. The summed E-state index contributed by atoms with van der Waals surface area (Å²) < 4.78 is 5.69. The zero-order chi connectivity index (χ0) is 19.1. The number of pyridine rings is 1. The molecular weight excluding hydrogens is 362 g/mol. The first-order valence-electron chi connectivity index (χ1n) is 8.35. The first-order chi connectivity index (χ1) is 13.1. The SMILES string of the molecule is C/C(=N/NC(=O)c1ccc(COc2ccc(Cl)cc2)cc1)c1ccccn1. The largest absolute Gasteiger partial charge is 0.489 e. The van der Waals surface area contributed by atoms with Crippen LogP contribution in [0.2, 0.25) is 5.02 Å². The van der Waals surface area contributed by atoms with Crippen LogP contribution in [-0.2, 0) is 6.61 Å². The van der Waals surface area contributed by atoms with Gasteiger partial charge in [0.2, 0.25) is 0 Å². The van der Waals surface area contributed by atoms with Crippen LogP contribution in [0.15, 0.2) is 78.0 Å². The lowest BCUT2D eigenvalue weighted by molar-refractivity contribution is 0.0955. The predicted molar refractivity (Wildman–Crippen MR) is 106 cm³/mol. The van der Waals surface area contributed by atoms with Crippen LogP contribution in [0.1, 0.15) is 28.5 Å². The van der Waals surface area contributed by atoms with Crippen LogP contribution >= 0.6 is 11.6 Å². The van der Waals surface area contributed by atoms with Crippen LogP contribution in [0.3, 0.4) is 0 Å². The van der Waals surface area contributed by atoms with Crippen molar-refractivity contribution in [3.63, 3.8) is 0 Å². The lowest BCUT2D eigenvalue weighted by Gasteiger charge is -2.07. The van der Waals surface area contributed by atoms with Crippen molar-refractivity contribution in [1.29, 1.82) is 0 Å². The van der Waals surface area contributed by atoms with E-state index < -0.39 is 0 Å². The van der Waals surface area contributed by atoms with Gasteiger partial charge in [0.25, 0.3) is 5.91 Å². The van der Waals surface area contributed by atoms with Gasteiger partial charge in [-0.25, -0.2) is 5.43 Å². The molecule has 0 fully saturated rings. The van der Waals surface area contributed by atoms with Gasteiger partial charge in [0, 0.05) is 16.8 Å². The molecule has 6 heteroatoms. The van der Waals surface area contributed by atoms with Gasteiger partial charge in [-0.05, 0) is 61.0 Å². The van der Waals surface area contributed by atoms with E-state index in [2.05, 4.69) is 15.5 Å². The summed E-state index contributed by atoms with van der Waals surface area (Å²) in [4.78, 5) is 16.4. The molecule has 0 saturated heterocycles. The number of hydrazone groups is 1. The van der Waals surface area contributed by atoms with E-state index in [1.165, 1.54) is 0 Å². The van der Waals surface area contributed by atoms with Gasteiger partial charge in [-0.2, -0.15) is 5.10 Å². The lowest BCUT2D eigenvalue weighted by Crippen LogP contribution is -2.19. The molecule has 0 aliphatic heterocycles. The fraction of sp³-hybridized carbons (Fsp3) is 0.0952. The van der Waals surface area contributed by atoms with Crippen molar-refractivity contribution < 1.29 is 9.53 Å². The highest BCUT2D eigenvalue weighted by Crippen LogP contribution is 2.17. The predicted octanol–water partition coefficient (Wildman–Crippen LogP) is 4.47.